The zero-order valence-electron chi connectivity index (χ0n) is 46.6. The average molecular weight is 1180 g/mol. The number of nitrogen functional groups attached to an aromatic ring is 1. The molecule has 0 bridgehead atoms. The number of ether oxygens (including phenoxy) is 1. The van der Waals surface area contributed by atoms with Gasteiger partial charge in [-0.25, -0.2) is 19.7 Å². The number of guanidine groups is 4. The van der Waals surface area contributed by atoms with Crippen LogP contribution in [0.25, 0.3) is 11.2 Å². The maximum absolute atomic E-state index is 14.3. The number of hydrogen-bond acceptors (Lipinski definition) is 19. The number of aliphatic hydroxyl groups is 2. The van der Waals surface area contributed by atoms with Crippen LogP contribution in [0.1, 0.15) is 115 Å². The molecular formula is C48H86N24O11. The molecule has 0 unspecified atom stereocenters. The van der Waals surface area contributed by atoms with Gasteiger partial charge in [0.05, 0.1) is 6.33 Å². The van der Waals surface area contributed by atoms with Crippen LogP contribution in [0.5, 0.6) is 0 Å². The molecular weight excluding hydrogens is 1090 g/mol. The van der Waals surface area contributed by atoms with Gasteiger partial charge in [-0.1, -0.05) is 19.3 Å². The van der Waals surface area contributed by atoms with Crippen molar-refractivity contribution >= 4 is 82.2 Å². The Labute approximate surface area is 479 Å². The van der Waals surface area contributed by atoms with E-state index in [0.29, 0.717) is 51.5 Å². The van der Waals surface area contributed by atoms with Crippen molar-refractivity contribution in [2.24, 2.45) is 71.6 Å². The van der Waals surface area contributed by atoms with Gasteiger partial charge < -0.3 is 109 Å². The van der Waals surface area contributed by atoms with Crippen molar-refractivity contribution in [3.63, 3.8) is 0 Å². The van der Waals surface area contributed by atoms with E-state index in [9.17, 15) is 48.9 Å². The molecule has 29 N–H and O–H groups in total. The molecule has 35 nitrogen and oxygen atoms in total. The molecule has 1 saturated heterocycles. The van der Waals surface area contributed by atoms with Gasteiger partial charge in [-0.15, -0.1) is 0 Å². The maximum Gasteiger partial charge on any atom is 0.326 e. The van der Waals surface area contributed by atoms with E-state index in [1.54, 1.807) is 0 Å². The SMILES string of the molecule is NCCCC[C@H](NC(=O)[C@H](CCCN=C(N)N)NC(=O)[C@H](CCCN=C(N)N)NC(=O)[C@H](CCCN=C(N)N)NC(=O)[C@H](CCCN=C(N)N)NC(=O)CCCCCCCNC(=O)[C@H]1O[C@@H](n2cnc3c(N)ncnc32)[C@H](O)[C@@H]1O)C(=O)O. The first-order valence-electron chi connectivity index (χ1n) is 27.4. The summed E-state index contributed by atoms with van der Waals surface area (Å²) in [4.78, 5) is 123. The lowest BCUT2D eigenvalue weighted by molar-refractivity contribution is -0.142. The van der Waals surface area contributed by atoms with Gasteiger partial charge in [-0.3, -0.25) is 53.3 Å². The largest absolute Gasteiger partial charge is 0.480 e. The summed E-state index contributed by atoms with van der Waals surface area (Å²) in [5.74, 6) is -6.42. The van der Waals surface area contributed by atoms with Crippen molar-refractivity contribution < 1.29 is 53.6 Å². The highest BCUT2D eigenvalue weighted by Gasteiger charge is 2.48. The van der Waals surface area contributed by atoms with Gasteiger partial charge in [0.2, 0.25) is 29.5 Å². The number of nitrogens with two attached hydrogens (primary N) is 10. The quantitative estimate of drug-likeness (QED) is 0.0168. The zero-order chi connectivity index (χ0) is 61.4. The molecule has 464 valence electrons. The molecule has 0 saturated carbocycles. The second-order valence-electron chi connectivity index (χ2n) is 19.6. The normalized spacial score (nSPS) is 17.3. The molecule has 0 spiro atoms. The minimum absolute atomic E-state index is 0.0251. The van der Waals surface area contributed by atoms with Gasteiger partial charge in [-0.2, -0.15) is 0 Å². The first kappa shape index (κ1) is 68.8. The van der Waals surface area contributed by atoms with Gasteiger partial charge >= 0.3 is 5.97 Å². The lowest BCUT2D eigenvalue weighted by atomic mass is 10.0. The van der Waals surface area contributed by atoms with E-state index < -0.39 is 96.2 Å². The zero-order valence-corrected chi connectivity index (χ0v) is 46.6. The first-order valence-corrected chi connectivity index (χ1v) is 27.4. The Balaban J connectivity index is 1.69. The van der Waals surface area contributed by atoms with Crippen molar-refractivity contribution in [3.8, 4) is 0 Å². The molecule has 1 aliphatic rings. The van der Waals surface area contributed by atoms with Crippen LogP contribution in [0.4, 0.5) is 5.82 Å². The van der Waals surface area contributed by atoms with Crippen LogP contribution in [-0.2, 0) is 38.3 Å². The monoisotopic (exact) mass is 1170 g/mol. The number of carboxylic acid groups (broad SMARTS) is 1. The van der Waals surface area contributed by atoms with E-state index in [-0.39, 0.29) is 138 Å². The molecule has 0 aliphatic carbocycles. The number of aliphatic hydroxyl groups excluding tert-OH is 2. The molecule has 3 heterocycles. The predicted octanol–water partition coefficient (Wildman–Crippen LogP) is -6.66. The molecule has 0 aromatic carbocycles. The standard InChI is InChI=1S/C48H86N24O11/c49-18-6-5-12-30(44(81)82)71-41(79)29(16-11-23-63-48(57)58)70-40(78)28(15-10-22-62-47(55)56)69-39(77)27(14-9-21-61-46(53)54)68-38(76)26(13-8-20-60-45(51)52)67-31(73)17-4-2-1-3-7-19-59-42(80)35-33(74)34(75)43(83-35)72-25-66-32-36(50)64-24-65-37(32)72/h24-30,33-35,43,74-75H,1-23,49H2,(H,59,80)(H,67,73)(H,68,76)(H,69,77)(H,70,78)(H,71,79)(H,81,82)(H2,50,64,65)(H4,51,52,60)(H4,53,54,61)(H4,55,56,62)(H4,57,58,63)/t26-,27-,28-,29-,30-,33-,34+,35-,43+/m0/s1. The van der Waals surface area contributed by atoms with Crippen molar-refractivity contribution in [1.29, 1.82) is 0 Å². The minimum Gasteiger partial charge on any atom is -0.480 e. The Morgan fingerprint density at radius 1 is 0.554 bits per heavy atom. The second-order valence-corrected chi connectivity index (χ2v) is 19.6. The van der Waals surface area contributed by atoms with Crippen molar-refractivity contribution in [3.05, 3.63) is 12.7 Å². The summed E-state index contributed by atoms with van der Waals surface area (Å²) < 4.78 is 7.11. The number of nitrogens with zero attached hydrogens (tertiary/aromatic N) is 8. The average Bonchev–Trinajstić information content (AvgIpc) is 2.66. The van der Waals surface area contributed by atoms with Crippen LogP contribution in [0, 0.1) is 0 Å². The van der Waals surface area contributed by atoms with E-state index in [4.69, 9.17) is 62.1 Å². The van der Waals surface area contributed by atoms with E-state index in [1.807, 2.05) is 0 Å². The summed E-state index contributed by atoms with van der Waals surface area (Å²) in [7, 11) is 0. The number of nitrogens with one attached hydrogen (secondary N) is 6. The molecule has 9 atom stereocenters. The third kappa shape index (κ3) is 25.1. The number of hydrogen-bond donors (Lipinski definition) is 19. The van der Waals surface area contributed by atoms with E-state index >= 15 is 0 Å². The summed E-state index contributed by atoms with van der Waals surface area (Å²) in [5.41, 5.74) is 56.0. The number of amides is 6. The fraction of sp³-hybridized carbons (Fsp3) is 0.667. The number of aliphatic imine (C=N–C) groups is 4. The summed E-state index contributed by atoms with van der Waals surface area (Å²) in [6, 6.07) is -6.57. The van der Waals surface area contributed by atoms with E-state index in [0.717, 1.165) is 0 Å². The van der Waals surface area contributed by atoms with Crippen LogP contribution < -0.4 is 89.2 Å². The molecule has 35 heteroatoms. The number of fused-ring (bicyclic) bond motifs is 1. The van der Waals surface area contributed by atoms with Gasteiger partial charge in [0.1, 0.15) is 54.3 Å². The number of imidazole rings is 1. The number of anilines is 1. The van der Waals surface area contributed by atoms with Crippen molar-refractivity contribution in [2.45, 2.75) is 164 Å². The first-order chi connectivity index (χ1) is 39.5. The van der Waals surface area contributed by atoms with Gasteiger partial charge in [-0.05, 0) is 90.0 Å². The molecule has 83 heavy (non-hydrogen) atoms. The minimum atomic E-state index is -1.54. The fourth-order valence-electron chi connectivity index (χ4n) is 8.61. The van der Waals surface area contributed by atoms with Crippen LogP contribution >= 0.6 is 0 Å². The van der Waals surface area contributed by atoms with E-state index in [2.05, 4.69) is 66.8 Å². The summed E-state index contributed by atoms with van der Waals surface area (Å²) >= 11 is 0. The number of carboxylic acids is 1. The summed E-state index contributed by atoms with van der Waals surface area (Å²) in [5, 5.41) is 47.2. The Hall–Kier alpha value is -8.44. The smallest absolute Gasteiger partial charge is 0.326 e. The Morgan fingerprint density at radius 3 is 1.45 bits per heavy atom. The molecule has 2 aromatic rings. The molecule has 1 aliphatic heterocycles. The Kier molecular flexibility index (Phi) is 30.5. The van der Waals surface area contributed by atoms with Crippen LogP contribution in [0.3, 0.4) is 0 Å². The Morgan fingerprint density at radius 2 is 0.988 bits per heavy atom. The Bertz CT molecular complexity index is 2530. The third-order valence-corrected chi connectivity index (χ3v) is 12.9. The molecule has 1 fully saturated rings. The molecule has 3 rings (SSSR count). The highest BCUT2D eigenvalue weighted by Crippen LogP contribution is 2.32. The lowest BCUT2D eigenvalue weighted by Gasteiger charge is -2.27. The summed E-state index contributed by atoms with van der Waals surface area (Å²) in [6.45, 7) is 0.778. The highest BCUT2D eigenvalue weighted by molar-refractivity contribution is 5.96. The lowest BCUT2D eigenvalue weighted by Crippen LogP contribution is -2.59. The van der Waals surface area contributed by atoms with Crippen molar-refractivity contribution in [1.82, 2.24) is 51.4 Å². The number of rotatable bonds is 40. The third-order valence-electron chi connectivity index (χ3n) is 12.9. The van der Waals surface area contributed by atoms with Gasteiger partial charge in [0, 0.05) is 39.1 Å². The van der Waals surface area contributed by atoms with Gasteiger partial charge in [0.25, 0.3) is 5.91 Å². The van der Waals surface area contributed by atoms with Crippen LogP contribution in [-0.4, -0.2) is 188 Å². The number of aromatic nitrogens is 4. The molecule has 6 amide bonds. The number of aliphatic carboxylic acids is 1. The number of unbranched alkanes of at least 4 members (excludes halogenated alkanes) is 5. The van der Waals surface area contributed by atoms with Crippen LogP contribution in [0.15, 0.2) is 32.6 Å². The second kappa shape index (κ2) is 36.8. The predicted molar refractivity (Wildman–Crippen MR) is 306 cm³/mol. The number of carbonyl (C=O) groups is 7. The fourth-order valence-corrected chi connectivity index (χ4v) is 8.61. The maximum atomic E-state index is 14.3. The molecule has 2 aromatic heterocycles. The highest BCUT2D eigenvalue weighted by atomic mass is 16.6. The summed E-state index contributed by atoms with van der Waals surface area (Å²) in [6.07, 6.45) is 1.36. The van der Waals surface area contributed by atoms with Crippen molar-refractivity contribution in [2.75, 3.05) is 45.0 Å². The molecule has 0 radical (unpaired) electrons. The van der Waals surface area contributed by atoms with E-state index in [1.165, 1.54) is 17.2 Å². The topological polar surface area (TPSA) is 615 Å². The van der Waals surface area contributed by atoms with Gasteiger partial charge in [0.15, 0.2) is 47.6 Å². The van der Waals surface area contributed by atoms with Crippen LogP contribution in [0.2, 0.25) is 0 Å². The number of carbonyl (C=O) groups excluding carboxylic acids is 6.